The van der Waals surface area contributed by atoms with E-state index in [2.05, 4.69) is 59.7 Å². The van der Waals surface area contributed by atoms with Gasteiger partial charge >= 0.3 is 0 Å². The molecule has 2 aromatic rings. The van der Waals surface area contributed by atoms with E-state index in [9.17, 15) is 0 Å². The second-order valence-electron chi connectivity index (χ2n) is 6.85. The van der Waals surface area contributed by atoms with E-state index in [1.54, 1.807) is 7.05 Å². The van der Waals surface area contributed by atoms with Crippen LogP contribution in [-0.4, -0.2) is 35.4 Å². The minimum atomic E-state index is 0.247. The molecule has 1 unspecified atom stereocenters. The van der Waals surface area contributed by atoms with Crippen LogP contribution in [0.25, 0.3) is 0 Å². The van der Waals surface area contributed by atoms with Crippen LogP contribution in [0, 0.1) is 13.8 Å². The predicted octanol–water partition coefficient (Wildman–Crippen LogP) is 2.87. The van der Waals surface area contributed by atoms with Gasteiger partial charge < -0.3 is 15.4 Å². The number of nitrogens with zero attached hydrogens (tertiary/aromatic N) is 3. The molecule has 0 radical (unpaired) electrons. The van der Waals surface area contributed by atoms with E-state index < -0.39 is 0 Å². The first-order valence-corrected chi connectivity index (χ1v) is 9.57. The quantitative estimate of drug-likeness (QED) is 0.553. The third-order valence-electron chi connectivity index (χ3n) is 4.80. The van der Waals surface area contributed by atoms with E-state index >= 15 is 0 Å². The molecular weight excluding hydrogens is 338 g/mol. The molecule has 6 nitrogen and oxygen atoms in total. The van der Waals surface area contributed by atoms with E-state index in [1.165, 1.54) is 22.4 Å². The summed E-state index contributed by atoms with van der Waals surface area (Å²) in [6, 6.07) is 8.58. The Bertz CT molecular complexity index is 766. The molecular formula is C21H33N5O. The molecule has 6 heteroatoms. The molecule has 0 aliphatic carbocycles. The standard InChI is InChI=1S/C21H33N5O/c1-7-27-14-19-11-9-8-10-18(19)13-23-21(22-5)24-15(2)12-20-16(3)25-26(6)17(20)4/h8-11,15H,7,12-14H2,1-6H3,(H2,22,23,24). The van der Waals surface area contributed by atoms with Gasteiger partial charge in [-0.1, -0.05) is 24.3 Å². The molecule has 0 saturated carbocycles. The molecule has 0 fully saturated rings. The molecule has 27 heavy (non-hydrogen) atoms. The summed E-state index contributed by atoms with van der Waals surface area (Å²) in [5, 5.41) is 11.4. The lowest BCUT2D eigenvalue weighted by atomic mass is 10.1. The van der Waals surface area contributed by atoms with Crippen LogP contribution in [0.5, 0.6) is 0 Å². The molecule has 0 amide bonds. The molecule has 1 atom stereocenters. The van der Waals surface area contributed by atoms with Crippen molar-refractivity contribution in [1.82, 2.24) is 20.4 Å². The van der Waals surface area contributed by atoms with Crippen molar-refractivity contribution >= 4 is 5.96 Å². The lowest BCUT2D eigenvalue weighted by molar-refractivity contribution is 0.133. The zero-order valence-corrected chi connectivity index (χ0v) is 17.5. The Hall–Kier alpha value is -2.34. The number of hydrogen-bond donors (Lipinski definition) is 2. The van der Waals surface area contributed by atoms with Crippen molar-refractivity contribution in [2.45, 2.75) is 53.3 Å². The molecule has 1 heterocycles. The van der Waals surface area contributed by atoms with Gasteiger partial charge in [-0.25, -0.2) is 0 Å². The van der Waals surface area contributed by atoms with Gasteiger partial charge in [0.2, 0.25) is 0 Å². The van der Waals surface area contributed by atoms with Crippen molar-refractivity contribution < 1.29 is 4.74 Å². The summed E-state index contributed by atoms with van der Waals surface area (Å²) in [5.74, 6) is 0.799. The highest BCUT2D eigenvalue weighted by Crippen LogP contribution is 2.14. The van der Waals surface area contributed by atoms with E-state index in [0.29, 0.717) is 13.2 Å². The summed E-state index contributed by atoms with van der Waals surface area (Å²) >= 11 is 0. The van der Waals surface area contributed by atoms with E-state index in [0.717, 1.165) is 24.7 Å². The van der Waals surface area contributed by atoms with Gasteiger partial charge in [0.25, 0.3) is 0 Å². The molecule has 0 spiro atoms. The lowest BCUT2D eigenvalue weighted by Crippen LogP contribution is -2.42. The first-order chi connectivity index (χ1) is 13.0. The zero-order chi connectivity index (χ0) is 19.8. The number of aromatic nitrogens is 2. The largest absolute Gasteiger partial charge is 0.377 e. The summed E-state index contributed by atoms with van der Waals surface area (Å²) in [4.78, 5) is 4.37. The Morgan fingerprint density at radius 1 is 1.26 bits per heavy atom. The number of benzene rings is 1. The summed E-state index contributed by atoms with van der Waals surface area (Å²) in [6.45, 7) is 10.4. The van der Waals surface area contributed by atoms with Crippen molar-refractivity contribution in [2.75, 3.05) is 13.7 Å². The molecule has 2 rings (SSSR count). The second kappa shape index (κ2) is 10.1. The van der Waals surface area contributed by atoms with Crippen molar-refractivity contribution in [3.05, 3.63) is 52.3 Å². The van der Waals surface area contributed by atoms with E-state index in [-0.39, 0.29) is 6.04 Å². The van der Waals surface area contributed by atoms with Crippen LogP contribution in [0.4, 0.5) is 0 Å². The molecule has 1 aromatic carbocycles. The fourth-order valence-corrected chi connectivity index (χ4v) is 3.16. The Kier molecular flexibility index (Phi) is 7.85. The monoisotopic (exact) mass is 371 g/mol. The van der Waals surface area contributed by atoms with Crippen molar-refractivity contribution in [2.24, 2.45) is 12.0 Å². The van der Waals surface area contributed by atoms with E-state index in [1.807, 2.05) is 24.7 Å². The third kappa shape index (κ3) is 5.82. The maximum Gasteiger partial charge on any atom is 0.191 e. The topological polar surface area (TPSA) is 63.5 Å². The van der Waals surface area contributed by atoms with Crippen LogP contribution >= 0.6 is 0 Å². The molecule has 1 aromatic heterocycles. The van der Waals surface area contributed by atoms with Crippen LogP contribution in [0.1, 0.15) is 41.9 Å². The fourth-order valence-electron chi connectivity index (χ4n) is 3.16. The average Bonchev–Trinajstić information content (AvgIpc) is 2.90. The number of aryl methyl sites for hydroxylation is 2. The molecule has 0 bridgehead atoms. The Morgan fingerprint density at radius 3 is 2.56 bits per heavy atom. The van der Waals surface area contributed by atoms with Gasteiger partial charge in [0.15, 0.2) is 5.96 Å². The molecule has 0 aliphatic heterocycles. The minimum absolute atomic E-state index is 0.247. The Labute approximate surface area is 163 Å². The summed E-state index contributed by atoms with van der Waals surface area (Å²) < 4.78 is 7.51. The first-order valence-electron chi connectivity index (χ1n) is 9.57. The van der Waals surface area contributed by atoms with Crippen LogP contribution in [0.15, 0.2) is 29.3 Å². The van der Waals surface area contributed by atoms with Gasteiger partial charge in [-0.15, -0.1) is 0 Å². The zero-order valence-electron chi connectivity index (χ0n) is 17.5. The van der Waals surface area contributed by atoms with Gasteiger partial charge in [-0.2, -0.15) is 5.10 Å². The van der Waals surface area contributed by atoms with Crippen LogP contribution < -0.4 is 10.6 Å². The highest BCUT2D eigenvalue weighted by atomic mass is 16.5. The molecule has 148 valence electrons. The first kappa shape index (κ1) is 21.0. The number of hydrogen-bond acceptors (Lipinski definition) is 3. The maximum absolute atomic E-state index is 5.57. The molecule has 0 saturated heterocycles. The van der Waals surface area contributed by atoms with Gasteiger partial charge in [-0.05, 0) is 50.8 Å². The number of guanidine groups is 1. The van der Waals surface area contributed by atoms with E-state index in [4.69, 9.17) is 4.74 Å². The van der Waals surface area contributed by atoms with Gasteiger partial charge in [-0.3, -0.25) is 9.67 Å². The van der Waals surface area contributed by atoms with Crippen molar-refractivity contribution in [3.63, 3.8) is 0 Å². The van der Waals surface area contributed by atoms with Gasteiger partial charge in [0.1, 0.15) is 0 Å². The smallest absolute Gasteiger partial charge is 0.191 e. The Balaban J connectivity index is 1.94. The van der Waals surface area contributed by atoms with Gasteiger partial charge in [0.05, 0.1) is 12.3 Å². The van der Waals surface area contributed by atoms with Gasteiger partial charge in [0, 0.05) is 39.0 Å². The lowest BCUT2D eigenvalue weighted by Gasteiger charge is -2.19. The summed E-state index contributed by atoms with van der Waals surface area (Å²) in [7, 11) is 3.79. The summed E-state index contributed by atoms with van der Waals surface area (Å²) in [5.41, 5.74) is 6.04. The highest BCUT2D eigenvalue weighted by Gasteiger charge is 2.14. The normalized spacial score (nSPS) is 12.9. The number of nitrogens with one attached hydrogen (secondary N) is 2. The highest BCUT2D eigenvalue weighted by molar-refractivity contribution is 5.80. The van der Waals surface area contributed by atoms with Crippen LogP contribution in [0.2, 0.25) is 0 Å². The minimum Gasteiger partial charge on any atom is -0.377 e. The Morgan fingerprint density at radius 2 is 1.96 bits per heavy atom. The molecule has 0 aliphatic rings. The molecule has 2 N–H and O–H groups in total. The van der Waals surface area contributed by atoms with Crippen molar-refractivity contribution in [3.8, 4) is 0 Å². The third-order valence-corrected chi connectivity index (χ3v) is 4.80. The van der Waals surface area contributed by atoms with Crippen LogP contribution in [-0.2, 0) is 31.4 Å². The second-order valence-corrected chi connectivity index (χ2v) is 6.85. The fraction of sp³-hybridized carbons (Fsp3) is 0.524. The van der Waals surface area contributed by atoms with Crippen LogP contribution in [0.3, 0.4) is 0 Å². The SMILES string of the molecule is CCOCc1ccccc1CNC(=NC)NC(C)Cc1c(C)nn(C)c1C. The number of rotatable bonds is 8. The average molecular weight is 372 g/mol. The maximum atomic E-state index is 5.57. The number of ether oxygens (including phenoxy) is 1. The number of aliphatic imine (C=N–C) groups is 1. The summed E-state index contributed by atoms with van der Waals surface area (Å²) in [6.07, 6.45) is 0.910. The predicted molar refractivity (Wildman–Crippen MR) is 111 cm³/mol. The van der Waals surface area contributed by atoms with Crippen molar-refractivity contribution in [1.29, 1.82) is 0 Å².